The molecule has 1 aliphatic heterocycles. The summed E-state index contributed by atoms with van der Waals surface area (Å²) < 4.78 is 13.5. The van der Waals surface area contributed by atoms with Gasteiger partial charge < -0.3 is 5.32 Å². The molecule has 1 saturated heterocycles. The summed E-state index contributed by atoms with van der Waals surface area (Å²) in [6.45, 7) is 5.12. The first-order valence-electron chi connectivity index (χ1n) is 7.05. The lowest BCUT2D eigenvalue weighted by Crippen LogP contribution is -2.55. The van der Waals surface area contributed by atoms with Crippen molar-refractivity contribution in [2.24, 2.45) is 5.92 Å². The third kappa shape index (κ3) is 3.10. The number of hydrogen-bond donors (Lipinski definition) is 1. The molecule has 1 aromatic rings. The highest BCUT2D eigenvalue weighted by Crippen LogP contribution is 2.36. The first kappa shape index (κ1) is 13.3. The Balaban J connectivity index is 1.73. The zero-order chi connectivity index (χ0) is 13.4. The third-order valence-corrected chi connectivity index (χ3v) is 4.50. The normalized spacial score (nSPS) is 28.6. The van der Waals surface area contributed by atoms with E-state index in [0.717, 1.165) is 31.1 Å². The van der Waals surface area contributed by atoms with Crippen LogP contribution in [0.4, 0.5) is 4.39 Å². The number of nitrogens with one attached hydrogen (secondary N) is 1. The van der Waals surface area contributed by atoms with Gasteiger partial charge in [0.05, 0.1) is 5.02 Å². The fourth-order valence-electron chi connectivity index (χ4n) is 3.00. The SMILES string of the molecule is CC1CN(Cc2ccc(Cl)c(F)c2)C(C2CC2)CN1. The molecule has 1 saturated carbocycles. The van der Waals surface area contributed by atoms with Crippen molar-refractivity contribution in [1.82, 2.24) is 10.2 Å². The summed E-state index contributed by atoms with van der Waals surface area (Å²) in [4.78, 5) is 2.50. The molecule has 1 aliphatic carbocycles. The number of piperazine rings is 1. The van der Waals surface area contributed by atoms with Crippen LogP contribution >= 0.6 is 11.6 Å². The first-order chi connectivity index (χ1) is 9.13. The molecule has 2 nitrogen and oxygen atoms in total. The Labute approximate surface area is 118 Å². The van der Waals surface area contributed by atoms with E-state index in [4.69, 9.17) is 11.6 Å². The minimum absolute atomic E-state index is 0.205. The molecular weight excluding hydrogens is 263 g/mol. The minimum atomic E-state index is -0.315. The number of rotatable bonds is 3. The molecule has 0 radical (unpaired) electrons. The van der Waals surface area contributed by atoms with Crippen molar-refractivity contribution < 1.29 is 4.39 Å². The van der Waals surface area contributed by atoms with Crippen LogP contribution in [-0.4, -0.2) is 30.1 Å². The van der Waals surface area contributed by atoms with Crippen molar-refractivity contribution in [3.63, 3.8) is 0 Å². The first-order valence-corrected chi connectivity index (χ1v) is 7.42. The highest BCUT2D eigenvalue weighted by atomic mass is 35.5. The average Bonchev–Trinajstić information content (AvgIpc) is 3.18. The number of benzene rings is 1. The third-order valence-electron chi connectivity index (χ3n) is 4.19. The van der Waals surface area contributed by atoms with E-state index in [2.05, 4.69) is 17.1 Å². The van der Waals surface area contributed by atoms with E-state index < -0.39 is 0 Å². The fraction of sp³-hybridized carbons (Fsp3) is 0.600. The van der Waals surface area contributed by atoms with Crippen molar-refractivity contribution >= 4 is 11.6 Å². The Morgan fingerprint density at radius 1 is 1.42 bits per heavy atom. The van der Waals surface area contributed by atoms with Crippen LogP contribution in [0.2, 0.25) is 5.02 Å². The zero-order valence-corrected chi connectivity index (χ0v) is 12.0. The van der Waals surface area contributed by atoms with Crippen LogP contribution in [0.25, 0.3) is 0 Å². The van der Waals surface area contributed by atoms with Crippen molar-refractivity contribution in [3.8, 4) is 0 Å². The second-order valence-corrected chi connectivity index (χ2v) is 6.30. The molecule has 3 rings (SSSR count). The van der Waals surface area contributed by atoms with E-state index in [1.807, 2.05) is 6.07 Å². The Bertz CT molecular complexity index is 461. The van der Waals surface area contributed by atoms with Crippen LogP contribution in [0.3, 0.4) is 0 Å². The van der Waals surface area contributed by atoms with E-state index in [1.54, 1.807) is 12.1 Å². The van der Waals surface area contributed by atoms with Gasteiger partial charge in [0, 0.05) is 31.7 Å². The molecule has 1 heterocycles. The van der Waals surface area contributed by atoms with Gasteiger partial charge in [-0.05, 0) is 43.4 Å². The highest BCUT2D eigenvalue weighted by Gasteiger charge is 2.37. The molecule has 0 spiro atoms. The van der Waals surface area contributed by atoms with Crippen molar-refractivity contribution in [3.05, 3.63) is 34.6 Å². The van der Waals surface area contributed by atoms with Crippen LogP contribution in [0.1, 0.15) is 25.3 Å². The second kappa shape index (κ2) is 5.39. The van der Waals surface area contributed by atoms with Gasteiger partial charge in [0.2, 0.25) is 0 Å². The maximum atomic E-state index is 13.5. The molecule has 0 bridgehead atoms. The highest BCUT2D eigenvalue weighted by molar-refractivity contribution is 6.30. The van der Waals surface area contributed by atoms with Crippen LogP contribution in [0.15, 0.2) is 18.2 Å². The van der Waals surface area contributed by atoms with Gasteiger partial charge in [0.15, 0.2) is 0 Å². The number of nitrogens with zero attached hydrogens (tertiary/aromatic N) is 1. The molecule has 0 aromatic heterocycles. The van der Waals surface area contributed by atoms with E-state index in [9.17, 15) is 4.39 Å². The summed E-state index contributed by atoms with van der Waals surface area (Å²) in [5.74, 6) is 0.516. The molecule has 2 unspecified atom stereocenters. The second-order valence-electron chi connectivity index (χ2n) is 5.89. The van der Waals surface area contributed by atoms with Crippen molar-refractivity contribution in [2.75, 3.05) is 13.1 Å². The zero-order valence-electron chi connectivity index (χ0n) is 11.2. The van der Waals surface area contributed by atoms with Crippen LogP contribution in [0.5, 0.6) is 0 Å². The molecule has 0 amide bonds. The molecule has 104 valence electrons. The molecule has 1 N–H and O–H groups in total. The van der Waals surface area contributed by atoms with Crippen LogP contribution in [-0.2, 0) is 6.54 Å². The van der Waals surface area contributed by atoms with E-state index >= 15 is 0 Å². The van der Waals surface area contributed by atoms with Gasteiger partial charge in [-0.2, -0.15) is 0 Å². The van der Waals surface area contributed by atoms with Gasteiger partial charge in [-0.1, -0.05) is 17.7 Å². The van der Waals surface area contributed by atoms with E-state index in [1.165, 1.54) is 12.8 Å². The molecule has 1 aromatic carbocycles. The molecule has 19 heavy (non-hydrogen) atoms. The average molecular weight is 283 g/mol. The van der Waals surface area contributed by atoms with Gasteiger partial charge in [-0.25, -0.2) is 4.39 Å². The topological polar surface area (TPSA) is 15.3 Å². The van der Waals surface area contributed by atoms with Gasteiger partial charge >= 0.3 is 0 Å². The summed E-state index contributed by atoms with van der Waals surface area (Å²) in [7, 11) is 0. The maximum absolute atomic E-state index is 13.5. The molecule has 2 fully saturated rings. The monoisotopic (exact) mass is 282 g/mol. The summed E-state index contributed by atoms with van der Waals surface area (Å²) in [6, 6.07) is 6.27. The van der Waals surface area contributed by atoms with Gasteiger partial charge in [-0.15, -0.1) is 0 Å². The number of hydrogen-bond acceptors (Lipinski definition) is 2. The lowest BCUT2D eigenvalue weighted by molar-refractivity contribution is 0.112. The van der Waals surface area contributed by atoms with Gasteiger partial charge in [-0.3, -0.25) is 4.90 Å². The predicted octanol–water partition coefficient (Wildman–Crippen LogP) is 3.05. The summed E-state index contributed by atoms with van der Waals surface area (Å²) in [5, 5.41) is 3.76. The lowest BCUT2D eigenvalue weighted by atomic mass is 10.0. The van der Waals surface area contributed by atoms with E-state index in [-0.39, 0.29) is 10.8 Å². The minimum Gasteiger partial charge on any atom is -0.311 e. The van der Waals surface area contributed by atoms with Crippen molar-refractivity contribution in [1.29, 1.82) is 0 Å². The smallest absolute Gasteiger partial charge is 0.142 e. The van der Waals surface area contributed by atoms with Gasteiger partial charge in [0.1, 0.15) is 5.82 Å². The lowest BCUT2D eigenvalue weighted by Gasteiger charge is -2.39. The molecule has 2 aliphatic rings. The predicted molar refractivity (Wildman–Crippen MR) is 75.8 cm³/mol. The Morgan fingerprint density at radius 2 is 2.21 bits per heavy atom. The van der Waals surface area contributed by atoms with Crippen molar-refractivity contribution in [2.45, 2.75) is 38.4 Å². The standard InChI is InChI=1S/C15H20ClFN2/c1-10-8-19(15(7-18-10)12-3-4-12)9-11-2-5-13(16)14(17)6-11/h2,5-6,10,12,15,18H,3-4,7-9H2,1H3. The molecule has 2 atom stereocenters. The Morgan fingerprint density at radius 3 is 2.89 bits per heavy atom. The maximum Gasteiger partial charge on any atom is 0.142 e. The molecular formula is C15H20ClFN2. The van der Waals surface area contributed by atoms with Gasteiger partial charge in [0.25, 0.3) is 0 Å². The van der Waals surface area contributed by atoms with Crippen LogP contribution in [0, 0.1) is 11.7 Å². The quantitative estimate of drug-likeness (QED) is 0.917. The summed E-state index contributed by atoms with van der Waals surface area (Å²) in [5.41, 5.74) is 1.02. The fourth-order valence-corrected chi connectivity index (χ4v) is 3.12. The largest absolute Gasteiger partial charge is 0.311 e. The Hall–Kier alpha value is -0.640. The van der Waals surface area contributed by atoms with Crippen LogP contribution < -0.4 is 5.32 Å². The summed E-state index contributed by atoms with van der Waals surface area (Å²) >= 11 is 5.74. The molecule has 4 heteroatoms. The Kier molecular flexibility index (Phi) is 3.79. The van der Waals surface area contributed by atoms with E-state index in [0.29, 0.717) is 12.1 Å². The number of halogens is 2. The summed E-state index contributed by atoms with van der Waals surface area (Å²) in [6.07, 6.45) is 2.68.